The molecular weight excluding hydrogens is 312 g/mol. The van der Waals surface area contributed by atoms with Crippen molar-refractivity contribution in [2.75, 3.05) is 0 Å². The van der Waals surface area contributed by atoms with Crippen LogP contribution in [0.15, 0.2) is 40.9 Å². The highest BCUT2D eigenvalue weighted by Crippen LogP contribution is 2.36. The fourth-order valence-corrected chi connectivity index (χ4v) is 3.07. The van der Waals surface area contributed by atoms with Crippen molar-refractivity contribution in [2.45, 2.75) is 19.3 Å². The van der Waals surface area contributed by atoms with Crippen LogP contribution in [0.1, 0.15) is 18.7 Å². The smallest absolute Gasteiger partial charge is 0.314 e. The minimum Gasteiger partial charge on any atom is -0.481 e. The van der Waals surface area contributed by atoms with Gasteiger partial charge in [0.05, 0.1) is 5.41 Å². The van der Waals surface area contributed by atoms with E-state index in [1.807, 2.05) is 36.4 Å². The van der Waals surface area contributed by atoms with Crippen molar-refractivity contribution in [3.63, 3.8) is 0 Å². The summed E-state index contributed by atoms with van der Waals surface area (Å²) in [4.78, 5) is 13.2. The van der Waals surface area contributed by atoms with Gasteiger partial charge in [0.25, 0.3) is 0 Å². The number of thiophene rings is 1. The Hall–Kier alpha value is -1.13. The van der Waals surface area contributed by atoms with Gasteiger partial charge in [-0.2, -0.15) is 0 Å². The van der Waals surface area contributed by atoms with Crippen molar-refractivity contribution >= 4 is 33.2 Å². The Morgan fingerprint density at radius 1 is 1.28 bits per heavy atom. The Kier molecular flexibility index (Phi) is 3.59. The van der Waals surface area contributed by atoms with Crippen LogP contribution in [0.4, 0.5) is 0 Å². The third-order valence-corrected chi connectivity index (χ3v) is 4.82. The van der Waals surface area contributed by atoms with Crippen molar-refractivity contribution < 1.29 is 9.90 Å². The highest BCUT2D eigenvalue weighted by molar-refractivity contribution is 9.10. The maximum absolute atomic E-state index is 11.2. The van der Waals surface area contributed by atoms with Gasteiger partial charge in [0, 0.05) is 14.2 Å². The Morgan fingerprint density at radius 3 is 2.61 bits per heavy atom. The summed E-state index contributed by atoms with van der Waals surface area (Å²) in [5.74, 6) is -0.801. The first-order valence-corrected chi connectivity index (χ1v) is 7.12. The van der Waals surface area contributed by atoms with Crippen molar-refractivity contribution in [2.24, 2.45) is 0 Å². The van der Waals surface area contributed by atoms with Gasteiger partial charge in [-0.05, 0) is 43.7 Å². The van der Waals surface area contributed by atoms with Crippen molar-refractivity contribution in [3.05, 3.63) is 45.7 Å². The van der Waals surface area contributed by atoms with E-state index in [1.165, 1.54) is 11.3 Å². The molecule has 0 atom stereocenters. The topological polar surface area (TPSA) is 37.3 Å². The first-order valence-electron chi connectivity index (χ1n) is 5.51. The SMILES string of the molecule is CC(C)(C(=O)O)c1ccc(-c2cccc(Br)c2)s1. The van der Waals surface area contributed by atoms with Gasteiger partial charge in [0.1, 0.15) is 0 Å². The monoisotopic (exact) mass is 324 g/mol. The third-order valence-electron chi connectivity index (χ3n) is 2.87. The number of carboxylic acid groups (broad SMARTS) is 1. The fraction of sp³-hybridized carbons (Fsp3) is 0.214. The van der Waals surface area contributed by atoms with Crippen LogP contribution in [0.25, 0.3) is 10.4 Å². The van der Waals surface area contributed by atoms with Crippen LogP contribution in [0.2, 0.25) is 0 Å². The van der Waals surface area contributed by atoms with Crippen LogP contribution in [0.3, 0.4) is 0 Å². The summed E-state index contributed by atoms with van der Waals surface area (Å²) >= 11 is 4.97. The number of benzene rings is 1. The molecule has 0 aliphatic rings. The lowest BCUT2D eigenvalue weighted by molar-refractivity contribution is -0.142. The van der Waals surface area contributed by atoms with E-state index in [1.54, 1.807) is 13.8 Å². The van der Waals surface area contributed by atoms with E-state index < -0.39 is 11.4 Å². The van der Waals surface area contributed by atoms with Crippen LogP contribution < -0.4 is 0 Å². The lowest BCUT2D eigenvalue weighted by Gasteiger charge is -2.16. The van der Waals surface area contributed by atoms with Crippen molar-refractivity contribution in [1.29, 1.82) is 0 Å². The molecule has 0 saturated heterocycles. The number of rotatable bonds is 3. The van der Waals surface area contributed by atoms with Gasteiger partial charge in [0.15, 0.2) is 0 Å². The van der Waals surface area contributed by atoms with Crippen LogP contribution >= 0.6 is 27.3 Å². The van der Waals surface area contributed by atoms with Crippen molar-refractivity contribution in [3.8, 4) is 10.4 Å². The maximum atomic E-state index is 11.2. The molecule has 0 fully saturated rings. The van der Waals surface area contributed by atoms with Gasteiger partial charge >= 0.3 is 5.97 Å². The second kappa shape index (κ2) is 4.86. The Bertz CT molecular complexity index is 587. The molecule has 0 aliphatic heterocycles. The van der Waals surface area contributed by atoms with E-state index in [9.17, 15) is 9.90 Å². The molecule has 1 aromatic heterocycles. The molecule has 0 aliphatic carbocycles. The van der Waals surface area contributed by atoms with E-state index in [0.29, 0.717) is 0 Å². The van der Waals surface area contributed by atoms with Gasteiger partial charge in [-0.15, -0.1) is 11.3 Å². The molecule has 0 bridgehead atoms. The predicted molar refractivity (Wildman–Crippen MR) is 78.1 cm³/mol. The highest BCUT2D eigenvalue weighted by Gasteiger charge is 2.31. The molecule has 18 heavy (non-hydrogen) atoms. The standard InChI is InChI=1S/C14H13BrO2S/c1-14(2,13(16)17)12-7-6-11(18-12)9-4-3-5-10(15)8-9/h3-8H,1-2H3,(H,16,17). The number of aliphatic carboxylic acids is 1. The quantitative estimate of drug-likeness (QED) is 0.899. The Labute approximate surface area is 118 Å². The summed E-state index contributed by atoms with van der Waals surface area (Å²) in [5, 5.41) is 9.22. The summed E-state index contributed by atoms with van der Waals surface area (Å²) in [5.41, 5.74) is 0.261. The highest BCUT2D eigenvalue weighted by atomic mass is 79.9. The van der Waals surface area contributed by atoms with Crippen LogP contribution in [-0.4, -0.2) is 11.1 Å². The summed E-state index contributed by atoms with van der Waals surface area (Å²) in [6, 6.07) is 11.9. The van der Waals surface area contributed by atoms with E-state index in [-0.39, 0.29) is 0 Å². The van der Waals surface area contributed by atoms with Gasteiger partial charge in [0.2, 0.25) is 0 Å². The molecule has 0 amide bonds. The summed E-state index contributed by atoms with van der Waals surface area (Å²) < 4.78 is 1.02. The fourth-order valence-electron chi connectivity index (χ4n) is 1.58. The number of carboxylic acids is 1. The first kappa shape index (κ1) is 13.3. The number of hydrogen-bond donors (Lipinski definition) is 1. The Balaban J connectivity index is 2.40. The second-order valence-corrected chi connectivity index (χ2v) is 6.60. The molecule has 0 spiro atoms. The molecule has 4 heteroatoms. The van der Waals surface area contributed by atoms with Crippen molar-refractivity contribution in [1.82, 2.24) is 0 Å². The van der Waals surface area contributed by atoms with Gasteiger partial charge in [-0.1, -0.05) is 28.1 Å². The number of halogens is 1. The lowest BCUT2D eigenvalue weighted by atomic mass is 9.92. The molecule has 2 aromatic rings. The zero-order valence-corrected chi connectivity index (χ0v) is 12.5. The van der Waals surface area contributed by atoms with Gasteiger partial charge < -0.3 is 5.11 Å². The average Bonchev–Trinajstić information content (AvgIpc) is 2.78. The van der Waals surface area contributed by atoms with Crippen LogP contribution in [-0.2, 0) is 10.2 Å². The van der Waals surface area contributed by atoms with Gasteiger partial charge in [-0.3, -0.25) is 4.79 Å². The van der Waals surface area contributed by atoms with E-state index >= 15 is 0 Å². The first-order chi connectivity index (χ1) is 8.41. The minimum atomic E-state index is -0.838. The zero-order valence-electron chi connectivity index (χ0n) is 10.1. The van der Waals surface area contributed by atoms with E-state index in [4.69, 9.17) is 0 Å². The third kappa shape index (κ3) is 2.49. The second-order valence-electron chi connectivity index (χ2n) is 4.60. The molecule has 2 rings (SSSR count). The number of carbonyl (C=O) groups is 1. The maximum Gasteiger partial charge on any atom is 0.314 e. The normalized spacial score (nSPS) is 11.5. The molecule has 0 unspecified atom stereocenters. The van der Waals surface area contributed by atoms with E-state index in [0.717, 1.165) is 19.8 Å². The molecule has 0 saturated carbocycles. The van der Waals surface area contributed by atoms with Gasteiger partial charge in [-0.25, -0.2) is 0 Å². The predicted octanol–water partition coefficient (Wildman–Crippen LogP) is 4.54. The number of hydrogen-bond acceptors (Lipinski definition) is 2. The zero-order chi connectivity index (χ0) is 13.3. The van der Waals surface area contributed by atoms with Crippen LogP contribution in [0.5, 0.6) is 0 Å². The molecule has 94 valence electrons. The van der Waals surface area contributed by atoms with E-state index in [2.05, 4.69) is 15.9 Å². The molecular formula is C14H13BrO2S. The lowest BCUT2D eigenvalue weighted by Crippen LogP contribution is -2.27. The molecule has 1 heterocycles. The molecule has 2 nitrogen and oxygen atoms in total. The minimum absolute atomic E-state index is 0.801. The molecule has 1 aromatic carbocycles. The Morgan fingerprint density at radius 2 is 2.00 bits per heavy atom. The summed E-state index contributed by atoms with van der Waals surface area (Å²) in [6.45, 7) is 3.46. The largest absolute Gasteiger partial charge is 0.481 e. The summed E-state index contributed by atoms with van der Waals surface area (Å²) in [6.07, 6.45) is 0. The molecule has 1 N–H and O–H groups in total. The average molecular weight is 325 g/mol. The molecule has 0 radical (unpaired) electrons. The summed E-state index contributed by atoms with van der Waals surface area (Å²) in [7, 11) is 0. The van der Waals surface area contributed by atoms with Crippen LogP contribution in [0, 0.1) is 0 Å².